The fourth-order valence-electron chi connectivity index (χ4n) is 3.73. The van der Waals surface area contributed by atoms with Crippen LogP contribution in [0.15, 0.2) is 42.5 Å². The van der Waals surface area contributed by atoms with Gasteiger partial charge in [0.2, 0.25) is 0 Å². The van der Waals surface area contributed by atoms with E-state index in [1.807, 2.05) is 28.8 Å². The molecule has 2 aromatic carbocycles. The first-order valence-corrected chi connectivity index (χ1v) is 8.76. The highest BCUT2D eigenvalue weighted by atomic mass is 19.1. The van der Waals surface area contributed by atoms with Gasteiger partial charge < -0.3 is 19.3 Å². The molecule has 2 aliphatic heterocycles. The number of hydrogen-bond acceptors (Lipinski definition) is 5. The standard InChI is InChI=1S/C20H22FN2O4/c1-25-15-5-3-14(4-6-15)23-19-12-27-10-9-22(19)13-20(23,24)17-8-7-16(26-2)11-18(17)21/h3-8,11,24H,9-10,12-13H2,1-2H3/q+1. The average molecular weight is 373 g/mol. The van der Waals surface area contributed by atoms with Gasteiger partial charge in [-0.15, -0.1) is 0 Å². The molecule has 0 saturated carbocycles. The number of amidine groups is 1. The minimum Gasteiger partial charge on any atom is -0.497 e. The maximum absolute atomic E-state index is 14.9. The van der Waals surface area contributed by atoms with Gasteiger partial charge in [-0.1, -0.05) is 0 Å². The molecule has 0 bridgehead atoms. The van der Waals surface area contributed by atoms with Crippen molar-refractivity contribution in [3.05, 3.63) is 53.8 Å². The molecule has 0 spiro atoms. The van der Waals surface area contributed by atoms with Crippen LogP contribution in [0, 0.1) is 5.82 Å². The fourth-order valence-corrected chi connectivity index (χ4v) is 3.73. The quantitative estimate of drug-likeness (QED) is 0.831. The van der Waals surface area contributed by atoms with E-state index < -0.39 is 11.5 Å². The van der Waals surface area contributed by atoms with E-state index in [1.54, 1.807) is 24.1 Å². The SMILES string of the molecule is COc1ccc(N2C3=[N+](CCOC3)CC2(O)c2ccc(OC)cc2F)cc1. The Balaban J connectivity index is 1.82. The van der Waals surface area contributed by atoms with Gasteiger partial charge in [-0.2, -0.15) is 4.90 Å². The predicted molar refractivity (Wildman–Crippen MR) is 98.1 cm³/mol. The summed E-state index contributed by atoms with van der Waals surface area (Å²) in [4.78, 5) is 1.75. The number of methoxy groups -OCH3 is 2. The number of nitrogens with zero attached hydrogens (tertiary/aromatic N) is 2. The molecule has 0 saturated heterocycles. The first-order valence-electron chi connectivity index (χ1n) is 8.76. The Morgan fingerprint density at radius 1 is 1.11 bits per heavy atom. The van der Waals surface area contributed by atoms with Gasteiger partial charge >= 0.3 is 0 Å². The van der Waals surface area contributed by atoms with Crippen LogP contribution in [0.1, 0.15) is 5.56 Å². The Bertz CT molecular complexity index is 884. The van der Waals surface area contributed by atoms with Crippen LogP contribution in [0.3, 0.4) is 0 Å². The summed E-state index contributed by atoms with van der Waals surface area (Å²) in [6, 6.07) is 11.8. The van der Waals surface area contributed by atoms with Crippen molar-refractivity contribution < 1.29 is 28.3 Å². The number of rotatable bonds is 4. The topological polar surface area (TPSA) is 54.2 Å². The molecule has 2 aromatic rings. The largest absolute Gasteiger partial charge is 0.497 e. The van der Waals surface area contributed by atoms with Crippen molar-refractivity contribution in [3.8, 4) is 11.5 Å². The molecule has 27 heavy (non-hydrogen) atoms. The van der Waals surface area contributed by atoms with Crippen molar-refractivity contribution >= 4 is 11.5 Å². The molecule has 0 radical (unpaired) electrons. The normalized spacial score (nSPS) is 22.0. The second-order valence-electron chi connectivity index (χ2n) is 6.59. The highest BCUT2D eigenvalue weighted by Gasteiger charge is 2.56. The monoisotopic (exact) mass is 373 g/mol. The smallest absolute Gasteiger partial charge is 0.281 e. The van der Waals surface area contributed by atoms with Crippen LogP contribution >= 0.6 is 0 Å². The Morgan fingerprint density at radius 3 is 2.48 bits per heavy atom. The lowest BCUT2D eigenvalue weighted by Gasteiger charge is -2.29. The molecule has 2 aliphatic rings. The van der Waals surface area contributed by atoms with Gasteiger partial charge in [-0.25, -0.2) is 4.39 Å². The third-order valence-electron chi connectivity index (χ3n) is 5.08. The third kappa shape index (κ3) is 2.93. The summed E-state index contributed by atoms with van der Waals surface area (Å²) in [7, 11) is 3.08. The van der Waals surface area contributed by atoms with E-state index in [1.165, 1.54) is 13.2 Å². The van der Waals surface area contributed by atoms with Crippen LogP contribution in [0.2, 0.25) is 0 Å². The Hall–Kier alpha value is -2.64. The zero-order chi connectivity index (χ0) is 19.0. The number of aliphatic hydroxyl groups is 1. The van der Waals surface area contributed by atoms with Gasteiger partial charge in [-0.05, 0) is 36.4 Å². The predicted octanol–water partition coefficient (Wildman–Crippen LogP) is 1.95. The molecule has 0 amide bonds. The van der Waals surface area contributed by atoms with Crippen molar-refractivity contribution in [2.45, 2.75) is 5.72 Å². The molecule has 6 nitrogen and oxygen atoms in total. The van der Waals surface area contributed by atoms with Crippen LogP contribution in [-0.2, 0) is 10.5 Å². The molecule has 4 rings (SSSR count). The van der Waals surface area contributed by atoms with Gasteiger partial charge in [0.25, 0.3) is 11.6 Å². The number of hydrogen-bond donors (Lipinski definition) is 1. The van der Waals surface area contributed by atoms with Crippen LogP contribution in [0.25, 0.3) is 0 Å². The third-order valence-corrected chi connectivity index (χ3v) is 5.08. The van der Waals surface area contributed by atoms with Crippen LogP contribution < -0.4 is 14.4 Å². The summed E-state index contributed by atoms with van der Waals surface area (Å²) in [6.45, 7) is 1.82. The van der Waals surface area contributed by atoms with Gasteiger partial charge in [-0.3, -0.25) is 4.58 Å². The summed E-state index contributed by atoms with van der Waals surface area (Å²) < 4.78 is 32.8. The number of benzene rings is 2. The lowest BCUT2D eigenvalue weighted by atomic mass is 9.99. The summed E-state index contributed by atoms with van der Waals surface area (Å²) in [5.74, 6) is 1.40. The van der Waals surface area contributed by atoms with Gasteiger partial charge in [0.1, 0.15) is 36.2 Å². The summed E-state index contributed by atoms with van der Waals surface area (Å²) in [5, 5.41) is 11.7. The van der Waals surface area contributed by atoms with E-state index in [-0.39, 0.29) is 12.1 Å². The maximum atomic E-state index is 14.9. The number of ether oxygens (including phenoxy) is 3. The molecule has 0 aromatic heterocycles. The van der Waals surface area contributed by atoms with Crippen molar-refractivity contribution in [3.63, 3.8) is 0 Å². The highest BCUT2D eigenvalue weighted by Crippen LogP contribution is 2.38. The van der Waals surface area contributed by atoms with E-state index >= 15 is 0 Å². The lowest BCUT2D eigenvalue weighted by molar-refractivity contribution is -0.543. The van der Waals surface area contributed by atoms with E-state index in [0.29, 0.717) is 31.3 Å². The average Bonchev–Trinajstić information content (AvgIpc) is 3.00. The molecular formula is C20H22FN2O4+. The Labute approximate surface area is 157 Å². The summed E-state index contributed by atoms with van der Waals surface area (Å²) in [6.07, 6.45) is 0. The molecule has 0 fully saturated rings. The minimum atomic E-state index is -1.56. The molecule has 0 aliphatic carbocycles. The molecule has 142 valence electrons. The van der Waals surface area contributed by atoms with Gasteiger partial charge in [0.05, 0.1) is 26.4 Å². The van der Waals surface area contributed by atoms with Gasteiger partial charge in [0, 0.05) is 6.07 Å². The first kappa shape index (κ1) is 17.8. The van der Waals surface area contributed by atoms with Gasteiger partial charge in [0.15, 0.2) is 6.54 Å². The lowest BCUT2D eigenvalue weighted by Crippen LogP contribution is -2.49. The Morgan fingerprint density at radius 2 is 1.81 bits per heavy atom. The van der Waals surface area contributed by atoms with Crippen LogP contribution in [0.4, 0.5) is 10.1 Å². The van der Waals surface area contributed by atoms with E-state index in [2.05, 4.69) is 0 Å². The van der Waals surface area contributed by atoms with Crippen molar-refractivity contribution in [2.24, 2.45) is 0 Å². The van der Waals surface area contributed by atoms with E-state index in [4.69, 9.17) is 14.2 Å². The molecule has 7 heteroatoms. The van der Waals surface area contributed by atoms with E-state index in [0.717, 1.165) is 11.5 Å². The Kier molecular flexibility index (Phi) is 4.49. The molecule has 1 atom stereocenters. The minimum absolute atomic E-state index is 0.195. The van der Waals surface area contributed by atoms with Crippen molar-refractivity contribution in [1.29, 1.82) is 0 Å². The zero-order valence-corrected chi connectivity index (χ0v) is 15.3. The molecule has 1 N–H and O–H groups in total. The molecule has 1 unspecified atom stereocenters. The van der Waals surface area contributed by atoms with Crippen LogP contribution in [-0.4, -0.2) is 56.0 Å². The van der Waals surface area contributed by atoms with Crippen LogP contribution in [0.5, 0.6) is 11.5 Å². The number of halogens is 1. The first-order chi connectivity index (χ1) is 13.1. The summed E-state index contributed by atoms with van der Waals surface area (Å²) >= 11 is 0. The fraction of sp³-hybridized carbons (Fsp3) is 0.350. The van der Waals surface area contributed by atoms with Crippen molar-refractivity contribution in [1.82, 2.24) is 0 Å². The maximum Gasteiger partial charge on any atom is 0.281 e. The van der Waals surface area contributed by atoms with Crippen molar-refractivity contribution in [2.75, 3.05) is 45.4 Å². The molecular weight excluding hydrogens is 351 g/mol. The number of anilines is 1. The summed E-state index contributed by atoms with van der Waals surface area (Å²) in [5.41, 5.74) is -0.633. The van der Waals surface area contributed by atoms with E-state index in [9.17, 15) is 9.50 Å². The molecule has 2 heterocycles. The second kappa shape index (κ2) is 6.83. The zero-order valence-electron chi connectivity index (χ0n) is 15.3. The second-order valence-corrected chi connectivity index (χ2v) is 6.59. The highest BCUT2D eigenvalue weighted by molar-refractivity contribution is 5.98.